The van der Waals surface area contributed by atoms with E-state index in [1.54, 1.807) is 25.1 Å². The Morgan fingerprint density at radius 1 is 1.07 bits per heavy atom. The lowest BCUT2D eigenvalue weighted by atomic mass is 10.1. The summed E-state index contributed by atoms with van der Waals surface area (Å²) in [6, 6.07) is 10.6. The average molecular weight is 379 g/mol. The summed E-state index contributed by atoms with van der Waals surface area (Å²) in [6.45, 7) is 1.72. The number of amides is 1. The maximum absolute atomic E-state index is 12.6. The Labute approximate surface area is 160 Å². The zero-order valence-electron chi connectivity index (χ0n) is 15.0. The van der Waals surface area contributed by atoms with E-state index in [1.165, 1.54) is 36.7 Å². The number of hydrogen-bond donors (Lipinski definition) is 2. The number of fused-ring (bicyclic) bond motifs is 1. The van der Waals surface area contributed by atoms with Crippen LogP contribution in [-0.2, 0) is 9.53 Å². The molecule has 1 unspecified atom stereocenters. The first-order valence-electron chi connectivity index (χ1n) is 8.54. The number of carbonyl (C=O) groups is 3. The van der Waals surface area contributed by atoms with Crippen molar-refractivity contribution in [3.63, 3.8) is 0 Å². The molecule has 2 aromatic carbocycles. The molecule has 0 fully saturated rings. The van der Waals surface area contributed by atoms with Crippen molar-refractivity contribution in [3.05, 3.63) is 66.0 Å². The van der Waals surface area contributed by atoms with Gasteiger partial charge in [0, 0.05) is 18.1 Å². The van der Waals surface area contributed by atoms with Crippen molar-refractivity contribution in [2.45, 2.75) is 19.4 Å². The summed E-state index contributed by atoms with van der Waals surface area (Å²) in [7, 11) is 0. The molecule has 0 aliphatic carbocycles. The fraction of sp³-hybridized carbons (Fsp3) is 0.150. The van der Waals surface area contributed by atoms with Crippen molar-refractivity contribution in [2.24, 2.45) is 0 Å². The highest BCUT2D eigenvalue weighted by Gasteiger charge is 2.23. The molecule has 0 radical (unpaired) electrons. The number of aromatic carboxylic acids is 1. The lowest BCUT2D eigenvalue weighted by Crippen LogP contribution is -2.32. The fourth-order valence-corrected chi connectivity index (χ4v) is 2.59. The summed E-state index contributed by atoms with van der Waals surface area (Å²) in [5, 5.41) is 11.5. The van der Waals surface area contributed by atoms with Crippen LogP contribution in [0.1, 0.15) is 34.1 Å². The van der Waals surface area contributed by atoms with Crippen molar-refractivity contribution < 1.29 is 24.2 Å². The Balaban J connectivity index is 1.73. The van der Waals surface area contributed by atoms with Crippen molar-refractivity contribution in [1.29, 1.82) is 0 Å². The van der Waals surface area contributed by atoms with E-state index in [1.807, 2.05) is 0 Å². The number of hydrogen-bond acceptors (Lipinski definition) is 6. The molecule has 0 saturated carbocycles. The zero-order chi connectivity index (χ0) is 20.1. The minimum atomic E-state index is -1.06. The van der Waals surface area contributed by atoms with Gasteiger partial charge >= 0.3 is 11.9 Å². The van der Waals surface area contributed by atoms with E-state index in [4.69, 9.17) is 9.84 Å². The summed E-state index contributed by atoms with van der Waals surface area (Å²) in [4.78, 5) is 44.2. The number of nitrogens with zero attached hydrogens (tertiary/aromatic N) is 2. The van der Waals surface area contributed by atoms with E-state index in [9.17, 15) is 14.4 Å². The number of aromatic nitrogens is 2. The van der Waals surface area contributed by atoms with Gasteiger partial charge in [-0.25, -0.2) is 9.59 Å². The normalized spacial score (nSPS) is 11.6. The minimum Gasteiger partial charge on any atom is -0.478 e. The molecule has 3 aromatic rings. The predicted octanol–water partition coefficient (Wildman–Crippen LogP) is 2.90. The van der Waals surface area contributed by atoms with E-state index in [0.29, 0.717) is 16.7 Å². The monoisotopic (exact) mass is 379 g/mol. The molecule has 142 valence electrons. The topological polar surface area (TPSA) is 118 Å². The Morgan fingerprint density at radius 2 is 1.79 bits per heavy atom. The predicted molar refractivity (Wildman–Crippen MR) is 101 cm³/mol. The molecule has 1 amide bonds. The highest BCUT2D eigenvalue weighted by Crippen LogP contribution is 2.17. The van der Waals surface area contributed by atoms with Crippen LogP contribution in [0, 0.1) is 0 Å². The quantitative estimate of drug-likeness (QED) is 0.632. The average Bonchev–Trinajstić information content (AvgIpc) is 2.71. The summed E-state index contributed by atoms with van der Waals surface area (Å²) < 4.78 is 5.38. The molecule has 0 aliphatic heterocycles. The van der Waals surface area contributed by atoms with Crippen LogP contribution in [0.25, 0.3) is 11.0 Å². The van der Waals surface area contributed by atoms with Crippen LogP contribution < -0.4 is 5.32 Å². The van der Waals surface area contributed by atoms with Gasteiger partial charge in [-0.2, -0.15) is 0 Å². The van der Waals surface area contributed by atoms with Gasteiger partial charge in [-0.15, -0.1) is 0 Å². The maximum atomic E-state index is 12.6. The van der Waals surface area contributed by atoms with Gasteiger partial charge in [-0.05, 0) is 42.8 Å². The van der Waals surface area contributed by atoms with Crippen molar-refractivity contribution >= 4 is 34.6 Å². The molecule has 2 N–H and O–H groups in total. The summed E-state index contributed by atoms with van der Waals surface area (Å²) in [6.07, 6.45) is 2.25. The van der Waals surface area contributed by atoms with Crippen molar-refractivity contribution in [3.8, 4) is 0 Å². The second kappa shape index (κ2) is 8.26. The van der Waals surface area contributed by atoms with E-state index in [-0.39, 0.29) is 17.5 Å². The van der Waals surface area contributed by atoms with E-state index >= 15 is 0 Å². The van der Waals surface area contributed by atoms with Crippen LogP contribution in [0.2, 0.25) is 0 Å². The number of para-hydroxylation sites is 1. The number of carboxylic acid groups (broad SMARTS) is 1. The van der Waals surface area contributed by atoms with Gasteiger partial charge in [0.25, 0.3) is 5.91 Å². The Morgan fingerprint density at radius 3 is 2.46 bits per heavy atom. The third-order valence-electron chi connectivity index (χ3n) is 4.03. The standard InChI is InChI=1S/C20H17N3O5/c1-2-16(18(24)23-13-8-6-12(7-9-13)19(25)26)28-20(27)14-4-3-5-15-17(14)22-11-10-21-15/h3-11,16H,2H2,1H3,(H,23,24)(H,25,26). The van der Waals surface area contributed by atoms with E-state index in [2.05, 4.69) is 15.3 Å². The second-order valence-corrected chi connectivity index (χ2v) is 5.90. The molecule has 1 heterocycles. The molecule has 0 spiro atoms. The summed E-state index contributed by atoms with van der Waals surface area (Å²) in [5.41, 5.74) is 1.68. The first-order chi connectivity index (χ1) is 13.5. The number of ether oxygens (including phenoxy) is 1. The second-order valence-electron chi connectivity index (χ2n) is 5.90. The first kappa shape index (κ1) is 19.0. The van der Waals surface area contributed by atoms with Gasteiger partial charge in [-0.1, -0.05) is 13.0 Å². The third-order valence-corrected chi connectivity index (χ3v) is 4.03. The number of benzene rings is 2. The number of nitrogens with one attached hydrogen (secondary N) is 1. The van der Waals surface area contributed by atoms with Crippen LogP contribution in [0.15, 0.2) is 54.9 Å². The van der Waals surface area contributed by atoms with E-state index in [0.717, 1.165) is 0 Å². The largest absolute Gasteiger partial charge is 0.478 e. The van der Waals surface area contributed by atoms with Gasteiger partial charge in [0.1, 0.15) is 5.52 Å². The van der Waals surface area contributed by atoms with Crippen LogP contribution >= 0.6 is 0 Å². The van der Waals surface area contributed by atoms with Gasteiger partial charge in [0.2, 0.25) is 0 Å². The molecule has 3 rings (SSSR count). The number of esters is 1. The molecule has 0 aliphatic rings. The van der Waals surface area contributed by atoms with Gasteiger partial charge in [0.15, 0.2) is 6.10 Å². The van der Waals surface area contributed by atoms with Crippen LogP contribution in [-0.4, -0.2) is 39.0 Å². The Hall–Kier alpha value is -3.81. The van der Waals surface area contributed by atoms with Gasteiger partial charge in [0.05, 0.1) is 16.6 Å². The highest BCUT2D eigenvalue weighted by molar-refractivity contribution is 6.03. The number of carbonyl (C=O) groups excluding carboxylic acids is 2. The number of anilines is 1. The summed E-state index contributed by atoms with van der Waals surface area (Å²) in [5.74, 6) is -2.24. The lowest BCUT2D eigenvalue weighted by molar-refractivity contribution is -0.124. The SMILES string of the molecule is CCC(OC(=O)c1cccc2nccnc12)C(=O)Nc1ccc(C(=O)O)cc1. The molecule has 0 saturated heterocycles. The fourth-order valence-electron chi connectivity index (χ4n) is 2.59. The third kappa shape index (κ3) is 4.12. The molecule has 1 aromatic heterocycles. The number of carboxylic acids is 1. The highest BCUT2D eigenvalue weighted by atomic mass is 16.5. The molecule has 1 atom stereocenters. The van der Waals surface area contributed by atoms with Crippen molar-refractivity contribution in [2.75, 3.05) is 5.32 Å². The number of rotatable bonds is 6. The molecule has 0 bridgehead atoms. The first-order valence-corrected chi connectivity index (χ1v) is 8.54. The van der Waals surface area contributed by atoms with Gasteiger partial charge < -0.3 is 15.2 Å². The molecule has 8 nitrogen and oxygen atoms in total. The van der Waals surface area contributed by atoms with Crippen LogP contribution in [0.4, 0.5) is 5.69 Å². The molecular formula is C20H17N3O5. The minimum absolute atomic E-state index is 0.105. The smallest absolute Gasteiger partial charge is 0.341 e. The van der Waals surface area contributed by atoms with Crippen molar-refractivity contribution in [1.82, 2.24) is 9.97 Å². The Kier molecular flexibility index (Phi) is 5.59. The van der Waals surface area contributed by atoms with Crippen LogP contribution in [0.3, 0.4) is 0 Å². The summed E-state index contributed by atoms with van der Waals surface area (Å²) >= 11 is 0. The van der Waals surface area contributed by atoms with E-state index < -0.39 is 23.9 Å². The van der Waals surface area contributed by atoms with Gasteiger partial charge in [-0.3, -0.25) is 14.8 Å². The lowest BCUT2D eigenvalue weighted by Gasteiger charge is -2.16. The molecule has 8 heteroatoms. The molecular weight excluding hydrogens is 362 g/mol. The van der Waals surface area contributed by atoms with Crippen LogP contribution in [0.5, 0.6) is 0 Å². The maximum Gasteiger partial charge on any atom is 0.341 e. The molecule has 28 heavy (non-hydrogen) atoms. The Bertz CT molecular complexity index is 1030. The zero-order valence-corrected chi connectivity index (χ0v) is 15.0.